The molecule has 1 heterocycles. The smallest absolute Gasteiger partial charge is 0.270 e. The summed E-state index contributed by atoms with van der Waals surface area (Å²) in [7, 11) is 0. The van der Waals surface area contributed by atoms with Crippen LogP contribution in [0, 0.1) is 5.82 Å². The molecule has 9 heteroatoms. The predicted molar refractivity (Wildman–Crippen MR) is 141 cm³/mol. The van der Waals surface area contributed by atoms with Gasteiger partial charge in [0.15, 0.2) is 0 Å². The highest BCUT2D eigenvalue weighted by atomic mass is 19.3. The number of carbonyl (C=O) groups is 2. The van der Waals surface area contributed by atoms with Crippen molar-refractivity contribution in [2.45, 2.75) is 50.7 Å². The monoisotopic (exact) mass is 526 g/mol. The molecule has 2 atom stereocenters. The van der Waals surface area contributed by atoms with Crippen molar-refractivity contribution < 1.29 is 22.8 Å². The summed E-state index contributed by atoms with van der Waals surface area (Å²) in [6, 6.07) is 15.8. The molecule has 0 bridgehead atoms. The first kappa shape index (κ1) is 27.6. The second-order valence-corrected chi connectivity index (χ2v) is 9.90. The van der Waals surface area contributed by atoms with E-state index in [9.17, 15) is 22.8 Å². The molecule has 0 saturated carbocycles. The van der Waals surface area contributed by atoms with Gasteiger partial charge in [-0.25, -0.2) is 13.2 Å². The van der Waals surface area contributed by atoms with Gasteiger partial charge in [-0.15, -0.1) is 0 Å². The summed E-state index contributed by atoms with van der Waals surface area (Å²) in [5.74, 6) is -4.38. The minimum absolute atomic E-state index is 0.0106. The van der Waals surface area contributed by atoms with Crippen molar-refractivity contribution in [2.24, 2.45) is 5.73 Å². The van der Waals surface area contributed by atoms with Gasteiger partial charge in [0.25, 0.3) is 11.8 Å². The molecule has 1 fully saturated rings. The third-order valence-electron chi connectivity index (χ3n) is 6.85. The van der Waals surface area contributed by atoms with E-state index in [4.69, 9.17) is 5.73 Å². The van der Waals surface area contributed by atoms with Crippen LogP contribution < -0.4 is 16.4 Å². The van der Waals surface area contributed by atoms with Crippen molar-refractivity contribution in [1.29, 1.82) is 0 Å². The Morgan fingerprint density at radius 3 is 2.63 bits per heavy atom. The molecule has 6 nitrogen and oxygen atoms in total. The van der Waals surface area contributed by atoms with Crippen LogP contribution in [0.4, 0.5) is 13.2 Å². The largest absolute Gasteiger partial charge is 0.350 e. The van der Waals surface area contributed by atoms with Gasteiger partial charge < -0.3 is 21.3 Å². The molecule has 0 aliphatic carbocycles. The second-order valence-electron chi connectivity index (χ2n) is 9.90. The van der Waals surface area contributed by atoms with E-state index in [-0.39, 0.29) is 24.4 Å². The maximum absolute atomic E-state index is 14.1. The fourth-order valence-corrected chi connectivity index (χ4v) is 4.79. The number of halogens is 3. The lowest BCUT2D eigenvalue weighted by Gasteiger charge is -2.25. The van der Waals surface area contributed by atoms with Gasteiger partial charge in [-0.1, -0.05) is 30.3 Å². The zero-order chi connectivity index (χ0) is 27.3. The third-order valence-corrected chi connectivity index (χ3v) is 6.85. The number of nitrogens with two attached hydrogens (primary N) is 1. The minimum atomic E-state index is -3.20. The standard InChI is InChI=1S/C29H33F3N4O2/c1-29(31,32)23-13-19(14-24(30)16-23)18-36-12-10-25(35-26(28(36)38)7-4-11-33)17-34-27(37)22-9-8-20-5-2-3-6-21(20)15-22/h2-3,5-6,8-9,13-16,25-26,35H,4,7,10-12,17-18,33H2,1H3,(H,34,37)/t25-,26-/m0/s1. The molecular weight excluding hydrogens is 493 g/mol. The minimum Gasteiger partial charge on any atom is -0.350 e. The Balaban J connectivity index is 1.45. The molecule has 0 aromatic heterocycles. The molecule has 2 amide bonds. The molecule has 1 aliphatic heterocycles. The van der Waals surface area contributed by atoms with Gasteiger partial charge in [0.1, 0.15) is 5.82 Å². The summed E-state index contributed by atoms with van der Waals surface area (Å²) < 4.78 is 41.8. The number of carbonyl (C=O) groups excluding carboxylic acids is 2. The van der Waals surface area contributed by atoms with Crippen molar-refractivity contribution in [3.05, 3.63) is 83.2 Å². The lowest BCUT2D eigenvalue weighted by atomic mass is 10.0. The van der Waals surface area contributed by atoms with Crippen molar-refractivity contribution in [2.75, 3.05) is 19.6 Å². The zero-order valence-corrected chi connectivity index (χ0v) is 21.4. The van der Waals surface area contributed by atoms with Crippen LogP contribution >= 0.6 is 0 Å². The van der Waals surface area contributed by atoms with E-state index in [1.165, 1.54) is 12.1 Å². The molecule has 0 spiro atoms. The Labute approximate surface area is 220 Å². The molecule has 1 aliphatic rings. The van der Waals surface area contributed by atoms with E-state index in [0.29, 0.717) is 56.9 Å². The van der Waals surface area contributed by atoms with Crippen molar-refractivity contribution in [3.8, 4) is 0 Å². The fraction of sp³-hybridized carbons (Fsp3) is 0.379. The zero-order valence-electron chi connectivity index (χ0n) is 21.4. The van der Waals surface area contributed by atoms with Gasteiger partial charge >= 0.3 is 0 Å². The summed E-state index contributed by atoms with van der Waals surface area (Å²) >= 11 is 0. The Hall–Kier alpha value is -3.43. The highest BCUT2D eigenvalue weighted by Crippen LogP contribution is 2.29. The number of hydrogen-bond donors (Lipinski definition) is 3. The fourth-order valence-electron chi connectivity index (χ4n) is 4.79. The Bertz CT molecular complexity index is 1290. The average Bonchev–Trinajstić information content (AvgIpc) is 3.03. The van der Waals surface area contributed by atoms with Crippen LogP contribution in [0.25, 0.3) is 10.8 Å². The number of amides is 2. The lowest BCUT2D eigenvalue weighted by Crippen LogP contribution is -2.48. The molecule has 1 saturated heterocycles. The molecule has 4 rings (SSSR count). The first-order valence-electron chi connectivity index (χ1n) is 12.8. The molecule has 202 valence electrons. The highest BCUT2D eigenvalue weighted by molar-refractivity contribution is 5.98. The van der Waals surface area contributed by atoms with E-state index < -0.39 is 23.3 Å². The summed E-state index contributed by atoms with van der Waals surface area (Å²) in [5.41, 5.74) is 6.10. The maximum atomic E-state index is 14.1. The molecule has 38 heavy (non-hydrogen) atoms. The maximum Gasteiger partial charge on any atom is 0.270 e. The van der Waals surface area contributed by atoms with Crippen LogP contribution in [0.15, 0.2) is 60.7 Å². The van der Waals surface area contributed by atoms with Crippen molar-refractivity contribution >= 4 is 22.6 Å². The van der Waals surface area contributed by atoms with Crippen LogP contribution in [0.5, 0.6) is 0 Å². The quantitative estimate of drug-likeness (QED) is 0.388. The number of fused-ring (bicyclic) bond motifs is 1. The van der Waals surface area contributed by atoms with Crippen LogP contribution in [-0.4, -0.2) is 48.4 Å². The highest BCUT2D eigenvalue weighted by Gasteiger charge is 2.31. The average molecular weight is 527 g/mol. The van der Waals surface area contributed by atoms with Crippen LogP contribution in [0.2, 0.25) is 0 Å². The molecule has 3 aromatic rings. The number of hydrogen-bond acceptors (Lipinski definition) is 4. The second kappa shape index (κ2) is 12.0. The topological polar surface area (TPSA) is 87.5 Å². The summed E-state index contributed by atoms with van der Waals surface area (Å²) in [6.45, 7) is 1.77. The summed E-state index contributed by atoms with van der Waals surface area (Å²) in [4.78, 5) is 27.8. The van der Waals surface area contributed by atoms with Gasteiger partial charge in [0.05, 0.1) is 6.04 Å². The van der Waals surface area contributed by atoms with Crippen LogP contribution in [0.1, 0.15) is 47.7 Å². The molecule has 0 radical (unpaired) electrons. The van der Waals surface area contributed by atoms with Gasteiger partial charge in [-0.3, -0.25) is 9.59 Å². The molecular formula is C29H33F3N4O2. The van der Waals surface area contributed by atoms with E-state index >= 15 is 0 Å². The van der Waals surface area contributed by atoms with E-state index in [2.05, 4.69) is 10.6 Å². The van der Waals surface area contributed by atoms with Crippen molar-refractivity contribution in [3.63, 3.8) is 0 Å². The first-order chi connectivity index (χ1) is 18.1. The van der Waals surface area contributed by atoms with Gasteiger partial charge in [-0.05, 0) is 72.5 Å². The number of rotatable bonds is 9. The van der Waals surface area contributed by atoms with E-state index in [1.54, 1.807) is 11.0 Å². The number of benzene rings is 3. The van der Waals surface area contributed by atoms with Gasteiger partial charge in [0.2, 0.25) is 5.91 Å². The molecule has 0 unspecified atom stereocenters. The van der Waals surface area contributed by atoms with Crippen LogP contribution in [-0.2, 0) is 17.3 Å². The number of nitrogens with zero attached hydrogens (tertiary/aromatic N) is 1. The summed E-state index contributed by atoms with van der Waals surface area (Å²) in [5, 5.41) is 8.32. The number of alkyl halides is 2. The number of nitrogens with one attached hydrogen (secondary N) is 2. The van der Waals surface area contributed by atoms with Gasteiger partial charge in [-0.2, -0.15) is 0 Å². The van der Waals surface area contributed by atoms with E-state index in [1.807, 2.05) is 36.4 Å². The Morgan fingerprint density at radius 2 is 1.89 bits per heavy atom. The predicted octanol–water partition coefficient (Wildman–Crippen LogP) is 4.32. The van der Waals surface area contributed by atoms with E-state index in [0.717, 1.165) is 16.8 Å². The normalized spacial score (nSPS) is 18.4. The first-order valence-corrected chi connectivity index (χ1v) is 12.8. The van der Waals surface area contributed by atoms with Crippen LogP contribution in [0.3, 0.4) is 0 Å². The van der Waals surface area contributed by atoms with Gasteiger partial charge in [0, 0.05) is 43.7 Å². The SMILES string of the molecule is CC(F)(F)c1cc(F)cc(CN2CC[C@@H](CNC(=O)c3ccc4ccccc4c3)N[C@@H](CCCN)C2=O)c1. The third kappa shape index (κ3) is 6.90. The molecule has 4 N–H and O–H groups in total. The Kier molecular flexibility index (Phi) is 8.69. The molecule has 3 aromatic carbocycles. The Morgan fingerprint density at radius 1 is 1.13 bits per heavy atom. The summed E-state index contributed by atoms with van der Waals surface area (Å²) in [6.07, 6.45) is 1.62. The van der Waals surface area contributed by atoms with Crippen molar-refractivity contribution in [1.82, 2.24) is 15.5 Å². The lowest BCUT2D eigenvalue weighted by molar-refractivity contribution is -0.133.